The summed E-state index contributed by atoms with van der Waals surface area (Å²) < 4.78 is 15.1. The van der Waals surface area contributed by atoms with Crippen LogP contribution in [0.4, 0.5) is 4.39 Å². The molecule has 0 bridgehead atoms. The largest absolute Gasteiger partial charge is 0.481 e. The van der Waals surface area contributed by atoms with Crippen LogP contribution in [0, 0.1) is 11.2 Å². The van der Waals surface area contributed by atoms with Crippen molar-refractivity contribution in [2.45, 2.75) is 32.3 Å². The van der Waals surface area contributed by atoms with E-state index in [0.29, 0.717) is 23.9 Å². The first-order valence-electron chi connectivity index (χ1n) is 8.76. The van der Waals surface area contributed by atoms with Gasteiger partial charge in [-0.05, 0) is 37.1 Å². The first-order valence-corrected chi connectivity index (χ1v) is 8.76. The van der Waals surface area contributed by atoms with Crippen LogP contribution < -0.4 is 0 Å². The second-order valence-corrected chi connectivity index (χ2v) is 7.03. The van der Waals surface area contributed by atoms with Crippen LogP contribution in [0.15, 0.2) is 24.3 Å². The number of carboxylic acid groups (broad SMARTS) is 1. The first kappa shape index (κ1) is 18.4. The summed E-state index contributed by atoms with van der Waals surface area (Å²) in [5, 5.41) is 20.7. The Kier molecular flexibility index (Phi) is 4.75. The Hall–Kier alpha value is -2.41. The maximum atomic E-state index is 13.5. The minimum Gasteiger partial charge on any atom is -0.481 e. The quantitative estimate of drug-likeness (QED) is 0.875. The van der Waals surface area contributed by atoms with Gasteiger partial charge in [0.2, 0.25) is 0 Å². The number of likely N-dealkylation sites (tertiary alicyclic amines) is 1. The Morgan fingerprint density at radius 2 is 2.08 bits per heavy atom. The minimum absolute atomic E-state index is 0.0357. The molecule has 1 saturated heterocycles. The van der Waals surface area contributed by atoms with E-state index in [9.17, 15) is 24.2 Å². The molecule has 1 aromatic heterocycles. The minimum atomic E-state index is -1.35. The zero-order valence-electron chi connectivity index (χ0n) is 14.9. The van der Waals surface area contributed by atoms with Crippen molar-refractivity contribution in [1.29, 1.82) is 0 Å². The van der Waals surface area contributed by atoms with Crippen LogP contribution in [-0.2, 0) is 11.8 Å². The van der Waals surface area contributed by atoms with Gasteiger partial charge in [0, 0.05) is 31.0 Å². The van der Waals surface area contributed by atoms with Gasteiger partial charge in [0.15, 0.2) is 0 Å². The molecule has 140 valence electrons. The molecule has 2 aromatic rings. The number of aromatic nitrogens is 1. The third kappa shape index (κ3) is 2.86. The van der Waals surface area contributed by atoms with Crippen molar-refractivity contribution in [3.05, 3.63) is 35.8 Å². The van der Waals surface area contributed by atoms with Crippen molar-refractivity contribution >= 4 is 22.8 Å². The molecule has 1 aliphatic rings. The number of hydrogen-bond donors (Lipinski definition) is 2. The zero-order chi connectivity index (χ0) is 19.1. The molecule has 0 unspecified atom stereocenters. The SMILES string of the molecule is CCC[C@@]1(C(=O)O)CN(C(=O)c2cc3cc(F)ccc3n2C)CC[C@H]1O. The number of aliphatic hydroxyl groups is 1. The molecule has 26 heavy (non-hydrogen) atoms. The standard InChI is InChI=1S/C19H23FN2O4/c1-3-7-19(18(25)26)11-22(8-6-16(19)23)17(24)15-10-12-9-13(20)4-5-14(12)21(15)2/h4-5,9-10,16,23H,3,6-8,11H2,1-2H3,(H,25,26)/t16-,19-/m1/s1. The van der Waals surface area contributed by atoms with E-state index in [2.05, 4.69) is 0 Å². The molecule has 6 nitrogen and oxygen atoms in total. The summed E-state index contributed by atoms with van der Waals surface area (Å²) in [7, 11) is 1.72. The summed E-state index contributed by atoms with van der Waals surface area (Å²) in [5.41, 5.74) is -0.248. The van der Waals surface area contributed by atoms with Gasteiger partial charge in [-0.2, -0.15) is 0 Å². The molecule has 1 fully saturated rings. The summed E-state index contributed by atoms with van der Waals surface area (Å²) in [6.07, 6.45) is 0.133. The number of aliphatic carboxylic acids is 1. The molecule has 3 rings (SSSR count). The fourth-order valence-electron chi connectivity index (χ4n) is 3.95. The van der Waals surface area contributed by atoms with Gasteiger partial charge in [-0.1, -0.05) is 13.3 Å². The van der Waals surface area contributed by atoms with Crippen molar-refractivity contribution in [2.75, 3.05) is 13.1 Å². The van der Waals surface area contributed by atoms with Crippen molar-refractivity contribution in [2.24, 2.45) is 12.5 Å². The Balaban J connectivity index is 1.95. The molecule has 0 saturated carbocycles. The summed E-state index contributed by atoms with van der Waals surface area (Å²) in [4.78, 5) is 26.4. The van der Waals surface area contributed by atoms with Gasteiger partial charge < -0.3 is 19.7 Å². The number of hydrogen-bond acceptors (Lipinski definition) is 3. The summed E-state index contributed by atoms with van der Waals surface area (Å²) in [6.45, 7) is 2.11. The molecule has 2 heterocycles. The number of halogens is 1. The molecule has 0 radical (unpaired) electrons. The summed E-state index contributed by atoms with van der Waals surface area (Å²) in [6, 6.07) is 5.93. The van der Waals surface area contributed by atoms with Gasteiger partial charge >= 0.3 is 5.97 Å². The third-order valence-corrected chi connectivity index (χ3v) is 5.42. The number of aliphatic hydroxyl groups excluding tert-OH is 1. The molecule has 2 N–H and O–H groups in total. The smallest absolute Gasteiger partial charge is 0.314 e. The van der Waals surface area contributed by atoms with Gasteiger partial charge in [-0.15, -0.1) is 0 Å². The van der Waals surface area contributed by atoms with Crippen molar-refractivity contribution < 1.29 is 24.2 Å². The number of carbonyl (C=O) groups excluding carboxylic acids is 1. The van der Waals surface area contributed by atoms with Crippen LogP contribution >= 0.6 is 0 Å². The highest BCUT2D eigenvalue weighted by Crippen LogP contribution is 2.36. The lowest BCUT2D eigenvalue weighted by Gasteiger charge is -2.43. The number of aryl methyl sites for hydroxylation is 1. The molecular weight excluding hydrogens is 339 g/mol. The number of carboxylic acids is 1. The number of rotatable bonds is 4. The Morgan fingerprint density at radius 3 is 2.73 bits per heavy atom. The number of fused-ring (bicyclic) bond motifs is 1. The normalized spacial score (nSPS) is 23.4. The van der Waals surface area contributed by atoms with Crippen molar-refractivity contribution in [3.63, 3.8) is 0 Å². The third-order valence-electron chi connectivity index (χ3n) is 5.42. The van der Waals surface area contributed by atoms with Gasteiger partial charge in [0.05, 0.1) is 6.10 Å². The predicted octanol–water partition coefficient (Wildman–Crippen LogP) is 2.40. The predicted molar refractivity (Wildman–Crippen MR) is 94.4 cm³/mol. The Labute approximate surface area is 150 Å². The molecule has 0 aliphatic carbocycles. The molecule has 7 heteroatoms. The highest BCUT2D eigenvalue weighted by atomic mass is 19.1. The number of nitrogens with zero attached hydrogens (tertiary/aromatic N) is 2. The van der Waals surface area contributed by atoms with Crippen molar-refractivity contribution in [1.82, 2.24) is 9.47 Å². The number of carbonyl (C=O) groups is 2. The van der Waals surface area contributed by atoms with Crippen LogP contribution in [0.5, 0.6) is 0 Å². The van der Waals surface area contributed by atoms with Crippen LogP contribution in [-0.4, -0.2) is 50.8 Å². The number of amides is 1. The molecule has 0 spiro atoms. The van der Waals surface area contributed by atoms with E-state index in [-0.39, 0.29) is 31.2 Å². The lowest BCUT2D eigenvalue weighted by molar-refractivity contribution is -0.162. The lowest BCUT2D eigenvalue weighted by Crippen LogP contribution is -2.57. The van der Waals surface area contributed by atoms with E-state index in [0.717, 1.165) is 5.52 Å². The maximum Gasteiger partial charge on any atom is 0.314 e. The second-order valence-electron chi connectivity index (χ2n) is 7.03. The van der Waals surface area contributed by atoms with Crippen LogP contribution in [0.2, 0.25) is 0 Å². The van der Waals surface area contributed by atoms with Gasteiger partial charge in [0.25, 0.3) is 5.91 Å². The first-order chi connectivity index (χ1) is 12.3. The molecule has 2 atom stereocenters. The molecular formula is C19H23FN2O4. The fourth-order valence-corrected chi connectivity index (χ4v) is 3.95. The van der Waals surface area contributed by atoms with Crippen LogP contribution in [0.25, 0.3) is 10.9 Å². The summed E-state index contributed by atoms with van der Waals surface area (Å²) in [5.74, 6) is -1.77. The summed E-state index contributed by atoms with van der Waals surface area (Å²) >= 11 is 0. The van der Waals surface area contributed by atoms with Crippen LogP contribution in [0.3, 0.4) is 0 Å². The highest BCUT2D eigenvalue weighted by molar-refractivity contribution is 5.99. The second kappa shape index (κ2) is 6.72. The van der Waals surface area contributed by atoms with E-state index in [1.807, 2.05) is 6.92 Å². The Bertz CT molecular complexity index is 863. The van der Waals surface area contributed by atoms with E-state index in [4.69, 9.17) is 0 Å². The number of benzene rings is 1. The molecule has 1 aliphatic heterocycles. The number of piperidine rings is 1. The lowest BCUT2D eigenvalue weighted by atomic mass is 9.74. The van der Waals surface area contributed by atoms with Crippen LogP contribution in [0.1, 0.15) is 36.7 Å². The van der Waals surface area contributed by atoms with Gasteiger partial charge in [0.1, 0.15) is 16.9 Å². The molecule has 1 amide bonds. The fraction of sp³-hybridized carbons (Fsp3) is 0.474. The van der Waals surface area contributed by atoms with E-state index in [1.165, 1.54) is 17.0 Å². The van der Waals surface area contributed by atoms with Crippen molar-refractivity contribution in [3.8, 4) is 0 Å². The average molecular weight is 362 g/mol. The topological polar surface area (TPSA) is 82.8 Å². The zero-order valence-corrected chi connectivity index (χ0v) is 14.9. The highest BCUT2D eigenvalue weighted by Gasteiger charge is 2.49. The monoisotopic (exact) mass is 362 g/mol. The van der Waals surface area contributed by atoms with E-state index in [1.54, 1.807) is 23.7 Å². The average Bonchev–Trinajstić information content (AvgIpc) is 2.92. The van der Waals surface area contributed by atoms with Gasteiger partial charge in [-0.25, -0.2) is 4.39 Å². The van der Waals surface area contributed by atoms with E-state index >= 15 is 0 Å². The van der Waals surface area contributed by atoms with E-state index < -0.39 is 17.5 Å². The maximum absolute atomic E-state index is 13.5. The van der Waals surface area contributed by atoms with Gasteiger partial charge in [-0.3, -0.25) is 9.59 Å². The Morgan fingerprint density at radius 1 is 1.35 bits per heavy atom. The molecule has 1 aromatic carbocycles.